The van der Waals surface area contributed by atoms with Crippen LogP contribution in [0, 0.1) is 0 Å². The largest absolute Gasteiger partial charge is 0.350 e. The first-order valence-corrected chi connectivity index (χ1v) is 9.32. The summed E-state index contributed by atoms with van der Waals surface area (Å²) >= 11 is 0. The lowest BCUT2D eigenvalue weighted by Gasteiger charge is -2.32. The molecule has 0 aliphatic rings. The van der Waals surface area contributed by atoms with E-state index in [2.05, 4.69) is 10.6 Å². The average Bonchev–Trinajstić information content (AvgIpc) is 2.49. The SMILES string of the molecule is CC(=O)NC(C(=O)NCc1ccccc1)C(C)(C)SSC(C)=O. The molecule has 0 aliphatic carbocycles. The zero-order valence-electron chi connectivity index (χ0n) is 13.7. The minimum atomic E-state index is -0.736. The van der Waals surface area contributed by atoms with Crippen molar-refractivity contribution in [3.63, 3.8) is 0 Å². The first kappa shape index (κ1) is 19.6. The van der Waals surface area contributed by atoms with E-state index in [1.807, 2.05) is 44.2 Å². The zero-order chi connectivity index (χ0) is 17.5. The molecule has 0 bridgehead atoms. The van der Waals surface area contributed by atoms with E-state index in [0.29, 0.717) is 6.54 Å². The molecule has 1 unspecified atom stereocenters. The van der Waals surface area contributed by atoms with E-state index >= 15 is 0 Å². The molecule has 0 fully saturated rings. The summed E-state index contributed by atoms with van der Waals surface area (Å²) in [5.74, 6) is -0.558. The van der Waals surface area contributed by atoms with Crippen LogP contribution in [0.2, 0.25) is 0 Å². The van der Waals surface area contributed by atoms with Crippen LogP contribution >= 0.6 is 21.6 Å². The topological polar surface area (TPSA) is 75.3 Å². The smallest absolute Gasteiger partial charge is 0.244 e. The Morgan fingerprint density at radius 1 is 1.13 bits per heavy atom. The normalized spacial score (nSPS) is 12.3. The highest BCUT2D eigenvalue weighted by Crippen LogP contribution is 2.38. The van der Waals surface area contributed by atoms with E-state index in [9.17, 15) is 14.4 Å². The number of rotatable bonds is 7. The third-order valence-corrected chi connectivity index (χ3v) is 6.21. The van der Waals surface area contributed by atoms with Gasteiger partial charge in [-0.2, -0.15) is 0 Å². The van der Waals surface area contributed by atoms with Crippen molar-refractivity contribution in [1.29, 1.82) is 0 Å². The summed E-state index contributed by atoms with van der Waals surface area (Å²) in [4.78, 5) is 35.1. The molecule has 0 saturated carbocycles. The predicted molar refractivity (Wildman–Crippen MR) is 95.8 cm³/mol. The van der Waals surface area contributed by atoms with Gasteiger partial charge in [0.15, 0.2) is 5.12 Å². The highest BCUT2D eigenvalue weighted by molar-refractivity contribution is 8.82. The minimum absolute atomic E-state index is 0.0469. The molecule has 1 aromatic carbocycles. The van der Waals surface area contributed by atoms with Crippen molar-refractivity contribution in [2.75, 3.05) is 0 Å². The second-order valence-corrected chi connectivity index (χ2v) is 8.56. The Morgan fingerprint density at radius 2 is 1.74 bits per heavy atom. The molecular formula is C16H22N2O3S2. The molecular weight excluding hydrogens is 332 g/mol. The highest BCUT2D eigenvalue weighted by Gasteiger charge is 2.37. The lowest BCUT2D eigenvalue weighted by atomic mass is 10.0. The Balaban J connectivity index is 2.77. The maximum Gasteiger partial charge on any atom is 0.244 e. The molecule has 0 radical (unpaired) electrons. The molecule has 23 heavy (non-hydrogen) atoms. The van der Waals surface area contributed by atoms with Crippen LogP contribution in [0.4, 0.5) is 0 Å². The number of carbonyl (C=O) groups excluding carboxylic acids is 3. The number of amides is 2. The summed E-state index contributed by atoms with van der Waals surface area (Å²) in [6.45, 7) is 6.88. The third kappa shape index (κ3) is 7.09. The monoisotopic (exact) mass is 354 g/mol. The second-order valence-electron chi connectivity index (χ2n) is 5.60. The van der Waals surface area contributed by atoms with Gasteiger partial charge < -0.3 is 10.6 Å². The molecule has 5 nitrogen and oxygen atoms in total. The molecule has 126 valence electrons. The Hall–Kier alpha value is -1.47. The van der Waals surface area contributed by atoms with Gasteiger partial charge in [-0.3, -0.25) is 14.4 Å². The van der Waals surface area contributed by atoms with Gasteiger partial charge in [-0.25, -0.2) is 0 Å². The summed E-state index contributed by atoms with van der Waals surface area (Å²) < 4.78 is -0.636. The lowest BCUT2D eigenvalue weighted by molar-refractivity contribution is -0.128. The molecule has 1 atom stereocenters. The molecule has 0 aromatic heterocycles. The highest BCUT2D eigenvalue weighted by atomic mass is 33.1. The van der Waals surface area contributed by atoms with Crippen LogP contribution in [-0.2, 0) is 20.9 Å². The molecule has 7 heteroatoms. The van der Waals surface area contributed by atoms with Gasteiger partial charge in [-0.05, 0) is 30.2 Å². The van der Waals surface area contributed by atoms with E-state index < -0.39 is 10.8 Å². The fourth-order valence-electron chi connectivity index (χ4n) is 1.86. The van der Waals surface area contributed by atoms with Gasteiger partial charge in [0.25, 0.3) is 0 Å². The number of hydrogen-bond donors (Lipinski definition) is 2. The number of hydrogen-bond acceptors (Lipinski definition) is 5. The third-order valence-electron chi connectivity index (χ3n) is 2.99. The summed E-state index contributed by atoms with van der Waals surface area (Å²) in [6.07, 6.45) is 0. The summed E-state index contributed by atoms with van der Waals surface area (Å²) in [5.41, 5.74) is 0.978. The molecule has 2 amide bonds. The summed E-state index contributed by atoms with van der Waals surface area (Å²) in [5, 5.41) is 5.47. The Kier molecular flexibility index (Phi) is 7.64. The minimum Gasteiger partial charge on any atom is -0.350 e. The fourth-order valence-corrected chi connectivity index (χ4v) is 3.74. The average molecular weight is 354 g/mol. The van der Waals surface area contributed by atoms with Crippen molar-refractivity contribution >= 4 is 38.5 Å². The Labute approximate surface area is 144 Å². The second kappa shape index (κ2) is 8.98. The van der Waals surface area contributed by atoms with Crippen molar-refractivity contribution in [2.45, 2.75) is 45.0 Å². The molecule has 1 rings (SSSR count). The molecule has 0 spiro atoms. The molecule has 0 heterocycles. The number of carbonyl (C=O) groups is 3. The number of benzene rings is 1. The van der Waals surface area contributed by atoms with Crippen molar-refractivity contribution in [3.8, 4) is 0 Å². The van der Waals surface area contributed by atoms with Crippen LogP contribution in [0.15, 0.2) is 30.3 Å². The van der Waals surface area contributed by atoms with Gasteiger partial charge in [0, 0.05) is 20.4 Å². The van der Waals surface area contributed by atoms with Gasteiger partial charge in [-0.15, -0.1) is 0 Å². The lowest BCUT2D eigenvalue weighted by Crippen LogP contribution is -2.55. The van der Waals surface area contributed by atoms with Crippen LogP contribution in [0.1, 0.15) is 33.3 Å². The summed E-state index contributed by atoms with van der Waals surface area (Å²) in [6, 6.07) is 8.80. The van der Waals surface area contributed by atoms with Crippen LogP contribution in [0.25, 0.3) is 0 Å². The standard InChI is InChI=1S/C16H22N2O3S2/c1-11(19)18-14(16(3,4)23-22-12(2)20)15(21)17-10-13-8-6-5-7-9-13/h5-9,14H,10H2,1-4H3,(H,17,21)(H,18,19). The molecule has 0 saturated heterocycles. The predicted octanol–water partition coefficient (Wildman–Crippen LogP) is 2.51. The molecule has 2 N–H and O–H groups in total. The molecule has 0 aliphatic heterocycles. The Morgan fingerprint density at radius 3 is 2.26 bits per heavy atom. The van der Waals surface area contributed by atoms with Crippen LogP contribution in [0.3, 0.4) is 0 Å². The van der Waals surface area contributed by atoms with Crippen molar-refractivity contribution in [3.05, 3.63) is 35.9 Å². The van der Waals surface area contributed by atoms with Gasteiger partial charge in [0.1, 0.15) is 6.04 Å². The van der Waals surface area contributed by atoms with Crippen molar-refractivity contribution in [2.24, 2.45) is 0 Å². The van der Waals surface area contributed by atoms with E-state index in [0.717, 1.165) is 16.4 Å². The van der Waals surface area contributed by atoms with E-state index in [1.165, 1.54) is 24.6 Å². The molecule has 1 aromatic rings. The van der Waals surface area contributed by atoms with Crippen LogP contribution in [0.5, 0.6) is 0 Å². The summed E-state index contributed by atoms with van der Waals surface area (Å²) in [7, 11) is 2.35. The van der Waals surface area contributed by atoms with Gasteiger partial charge in [-0.1, -0.05) is 41.1 Å². The van der Waals surface area contributed by atoms with Crippen LogP contribution in [-0.4, -0.2) is 27.7 Å². The van der Waals surface area contributed by atoms with Crippen LogP contribution < -0.4 is 10.6 Å². The van der Waals surface area contributed by atoms with E-state index in [1.54, 1.807) is 0 Å². The van der Waals surface area contributed by atoms with E-state index in [-0.39, 0.29) is 16.9 Å². The van der Waals surface area contributed by atoms with Gasteiger partial charge in [0.05, 0.1) is 4.75 Å². The first-order chi connectivity index (χ1) is 10.7. The zero-order valence-corrected chi connectivity index (χ0v) is 15.3. The van der Waals surface area contributed by atoms with E-state index in [4.69, 9.17) is 0 Å². The quantitative estimate of drug-likeness (QED) is 0.736. The maximum atomic E-state index is 12.5. The number of nitrogens with one attached hydrogen (secondary N) is 2. The fraction of sp³-hybridized carbons (Fsp3) is 0.438. The first-order valence-electron chi connectivity index (χ1n) is 7.17. The maximum absolute atomic E-state index is 12.5. The van der Waals surface area contributed by atoms with Crippen molar-refractivity contribution in [1.82, 2.24) is 10.6 Å². The van der Waals surface area contributed by atoms with Gasteiger partial charge >= 0.3 is 0 Å². The Bertz CT molecular complexity index is 562. The van der Waals surface area contributed by atoms with Crippen molar-refractivity contribution < 1.29 is 14.4 Å². The van der Waals surface area contributed by atoms with Gasteiger partial charge in [0.2, 0.25) is 11.8 Å².